The van der Waals surface area contributed by atoms with Gasteiger partial charge in [0.05, 0.1) is 30.9 Å². The Balaban J connectivity index is 0.000000171. The first-order valence-corrected chi connectivity index (χ1v) is 24.6. The van der Waals surface area contributed by atoms with E-state index in [1.54, 1.807) is 33.8 Å². The standard InChI is InChI=1S/C24H25N3OS.C15H21NO3.C14H14N2OS/c1-18(20-10-6-3-7-11-20)25-24(28)13-12-22-21-17-29-15-14-23(21)27(26-22)16-19-8-4-2-5-9-19;1-11(13-9-7-6-8-10-13)16(12(2)17)14(18)19-15(3,4)5;17-9-13-12-10-18-7-6-14(12)16(15-13)8-11-4-2-1-3-5-11/h2-13,18H,14-17H2,1H3,(H,25,28);6-11H,1-5H3;1-5,9H,6-8,10H2/b13-12+;;/t18-;11-;/m11./s1. The number of amides is 3. The van der Waals surface area contributed by atoms with Gasteiger partial charge in [0.15, 0.2) is 6.29 Å². The molecule has 0 saturated heterocycles. The molecule has 2 aliphatic heterocycles. The first-order valence-electron chi connectivity index (χ1n) is 22.3. The van der Waals surface area contributed by atoms with Gasteiger partial charge in [-0.2, -0.15) is 33.7 Å². The lowest BCUT2D eigenvalue weighted by molar-refractivity contribution is -0.130. The number of aldehydes is 1. The summed E-state index contributed by atoms with van der Waals surface area (Å²) in [6.07, 6.45) is 5.76. The summed E-state index contributed by atoms with van der Waals surface area (Å²) in [5, 5.41) is 12.3. The number of imide groups is 1. The van der Waals surface area contributed by atoms with Gasteiger partial charge in [0.1, 0.15) is 11.3 Å². The topological polar surface area (TPSA) is 128 Å². The van der Waals surface area contributed by atoms with Crippen LogP contribution in [-0.4, -0.2) is 65.8 Å². The zero-order valence-corrected chi connectivity index (χ0v) is 40.3. The number of thioether (sulfide) groups is 2. The molecule has 344 valence electrons. The van der Waals surface area contributed by atoms with E-state index in [4.69, 9.17) is 9.84 Å². The van der Waals surface area contributed by atoms with E-state index in [-0.39, 0.29) is 23.9 Å². The molecule has 4 heterocycles. The van der Waals surface area contributed by atoms with Crippen LogP contribution in [-0.2, 0) is 51.8 Å². The highest BCUT2D eigenvalue weighted by Gasteiger charge is 2.30. The number of ether oxygens (including phenoxy) is 1. The van der Waals surface area contributed by atoms with E-state index in [1.807, 2.05) is 126 Å². The van der Waals surface area contributed by atoms with E-state index in [9.17, 15) is 19.2 Å². The molecule has 66 heavy (non-hydrogen) atoms. The maximum Gasteiger partial charge on any atom is 0.417 e. The Kier molecular flexibility index (Phi) is 17.8. The summed E-state index contributed by atoms with van der Waals surface area (Å²) < 4.78 is 9.37. The highest BCUT2D eigenvalue weighted by Crippen LogP contribution is 2.30. The van der Waals surface area contributed by atoms with Crippen molar-refractivity contribution in [3.63, 3.8) is 0 Å². The average Bonchev–Trinajstić information content (AvgIpc) is 3.86. The lowest BCUT2D eigenvalue weighted by Crippen LogP contribution is -2.41. The maximum atomic E-state index is 12.4. The molecule has 11 nitrogen and oxygen atoms in total. The number of hydrogen-bond donors (Lipinski definition) is 1. The van der Waals surface area contributed by atoms with E-state index < -0.39 is 11.7 Å². The van der Waals surface area contributed by atoms with Crippen LogP contribution in [0.15, 0.2) is 127 Å². The van der Waals surface area contributed by atoms with Crippen molar-refractivity contribution in [3.05, 3.63) is 184 Å². The summed E-state index contributed by atoms with van der Waals surface area (Å²) in [5.74, 6) is 3.67. The van der Waals surface area contributed by atoms with Gasteiger partial charge in [0.2, 0.25) is 11.8 Å². The molecule has 4 aromatic carbocycles. The van der Waals surface area contributed by atoms with Crippen molar-refractivity contribution in [1.29, 1.82) is 0 Å². The molecule has 6 aromatic rings. The molecule has 1 N–H and O–H groups in total. The third kappa shape index (κ3) is 13.9. The molecular weight excluding hydrogens is 865 g/mol. The highest BCUT2D eigenvalue weighted by molar-refractivity contribution is 7.98. The fourth-order valence-electron chi connectivity index (χ4n) is 7.66. The molecule has 0 radical (unpaired) electrons. The number of carbonyl (C=O) groups is 4. The van der Waals surface area contributed by atoms with E-state index in [0.717, 1.165) is 82.5 Å². The van der Waals surface area contributed by atoms with Gasteiger partial charge in [-0.3, -0.25) is 23.7 Å². The van der Waals surface area contributed by atoms with Gasteiger partial charge in [-0.1, -0.05) is 121 Å². The van der Waals surface area contributed by atoms with E-state index in [1.165, 1.54) is 35.0 Å². The third-order valence-electron chi connectivity index (χ3n) is 11.0. The van der Waals surface area contributed by atoms with Crippen molar-refractivity contribution in [3.8, 4) is 0 Å². The van der Waals surface area contributed by atoms with Crippen LogP contribution in [0.1, 0.15) is 115 Å². The number of benzene rings is 4. The Labute approximate surface area is 397 Å². The monoisotopic (exact) mass is 924 g/mol. The summed E-state index contributed by atoms with van der Waals surface area (Å²) in [5.41, 5.74) is 10.3. The van der Waals surface area contributed by atoms with Crippen molar-refractivity contribution in [1.82, 2.24) is 29.8 Å². The predicted octanol–water partition coefficient (Wildman–Crippen LogP) is 10.7. The Bertz CT molecular complexity index is 2560. The van der Waals surface area contributed by atoms with Crippen LogP contribution >= 0.6 is 23.5 Å². The molecule has 13 heteroatoms. The summed E-state index contributed by atoms with van der Waals surface area (Å²) >= 11 is 3.80. The fraction of sp³-hybridized carbons (Fsp3) is 0.321. The number of nitrogens with zero attached hydrogens (tertiary/aromatic N) is 5. The van der Waals surface area contributed by atoms with Gasteiger partial charge in [-0.05, 0) is 87.3 Å². The Morgan fingerprint density at radius 1 is 0.712 bits per heavy atom. The van der Waals surface area contributed by atoms with Gasteiger partial charge in [-0.15, -0.1) is 0 Å². The largest absolute Gasteiger partial charge is 0.443 e. The molecular formula is C53H60N6O5S2. The molecule has 0 saturated carbocycles. The second kappa shape index (κ2) is 23.8. The highest BCUT2D eigenvalue weighted by atomic mass is 32.2. The fourth-order valence-corrected chi connectivity index (χ4v) is 9.67. The van der Waals surface area contributed by atoms with Crippen LogP contribution in [0.2, 0.25) is 0 Å². The third-order valence-corrected chi connectivity index (χ3v) is 12.9. The van der Waals surface area contributed by atoms with Crippen LogP contribution in [0.4, 0.5) is 4.79 Å². The lowest BCUT2D eigenvalue weighted by atomic mass is 10.1. The summed E-state index contributed by atoms with van der Waals surface area (Å²) in [6.45, 7) is 12.0. The van der Waals surface area contributed by atoms with Crippen molar-refractivity contribution in [2.24, 2.45) is 0 Å². The molecule has 3 amide bonds. The number of nitrogens with one attached hydrogen (secondary N) is 1. The van der Waals surface area contributed by atoms with Gasteiger partial charge in [-0.25, -0.2) is 9.69 Å². The van der Waals surface area contributed by atoms with Gasteiger partial charge in [0.25, 0.3) is 0 Å². The maximum absolute atomic E-state index is 12.4. The smallest absolute Gasteiger partial charge is 0.417 e. The van der Waals surface area contributed by atoms with Gasteiger partial charge >= 0.3 is 6.09 Å². The Morgan fingerprint density at radius 3 is 1.64 bits per heavy atom. The van der Waals surface area contributed by atoms with Crippen molar-refractivity contribution < 1.29 is 23.9 Å². The molecule has 0 unspecified atom stereocenters. The van der Waals surface area contributed by atoms with Crippen molar-refractivity contribution in [2.75, 3.05) is 11.5 Å². The second-order valence-corrected chi connectivity index (χ2v) is 19.3. The molecule has 2 aliphatic rings. The number of carbonyl (C=O) groups excluding carboxylic acids is 4. The molecule has 8 rings (SSSR count). The zero-order valence-electron chi connectivity index (χ0n) is 38.7. The van der Waals surface area contributed by atoms with Gasteiger partial charge in [0, 0.05) is 47.0 Å². The van der Waals surface area contributed by atoms with Crippen LogP contribution in [0, 0.1) is 0 Å². The second-order valence-electron chi connectivity index (χ2n) is 17.1. The average molecular weight is 925 g/mol. The van der Waals surface area contributed by atoms with Gasteiger partial charge < -0.3 is 10.1 Å². The number of aromatic nitrogens is 4. The molecule has 0 aliphatic carbocycles. The molecule has 0 fully saturated rings. The zero-order chi connectivity index (χ0) is 47.1. The van der Waals surface area contributed by atoms with Crippen LogP contribution in [0.25, 0.3) is 6.08 Å². The predicted molar refractivity (Wildman–Crippen MR) is 266 cm³/mol. The van der Waals surface area contributed by atoms with Crippen LogP contribution in [0.3, 0.4) is 0 Å². The molecule has 2 aromatic heterocycles. The molecule has 0 spiro atoms. The molecule has 2 atom stereocenters. The minimum absolute atomic E-state index is 0.0338. The summed E-state index contributed by atoms with van der Waals surface area (Å²) in [4.78, 5) is 48.4. The Hall–Kier alpha value is -6.18. The number of rotatable bonds is 11. The number of hydrogen-bond acceptors (Lipinski definition) is 9. The normalized spacial score (nSPS) is 13.9. The first-order chi connectivity index (χ1) is 31.8. The Morgan fingerprint density at radius 2 is 1.17 bits per heavy atom. The minimum atomic E-state index is -0.624. The van der Waals surface area contributed by atoms with Crippen LogP contribution in [0.5, 0.6) is 0 Å². The lowest BCUT2D eigenvalue weighted by Gasteiger charge is -2.29. The van der Waals surface area contributed by atoms with Crippen LogP contribution < -0.4 is 5.32 Å². The minimum Gasteiger partial charge on any atom is -0.443 e. The van der Waals surface area contributed by atoms with Crippen molar-refractivity contribution in [2.45, 2.75) is 96.7 Å². The molecule has 0 bridgehead atoms. The SMILES string of the molecule is CC(=O)N(C(=O)OC(C)(C)C)[C@H](C)c1ccccc1.C[C@@H](NC(=O)/C=C/c1nn(Cc2ccccc2)c2c1CSCC2)c1ccccc1.O=Cc1nn(Cc2ccccc2)c2c1CSCC2. The van der Waals surface area contributed by atoms with Crippen molar-refractivity contribution >= 4 is 53.8 Å². The quantitative estimate of drug-likeness (QED) is 0.0997. The van der Waals surface area contributed by atoms with E-state index >= 15 is 0 Å². The summed E-state index contributed by atoms with van der Waals surface area (Å²) in [6, 6.07) is 39.6. The van der Waals surface area contributed by atoms with E-state index in [2.05, 4.69) is 51.5 Å². The summed E-state index contributed by atoms with van der Waals surface area (Å²) in [7, 11) is 0. The van der Waals surface area contributed by atoms with E-state index in [0.29, 0.717) is 5.69 Å². The first kappa shape index (κ1) is 49.3. The number of fused-ring (bicyclic) bond motifs is 2.